The number of thiazole rings is 1. The van der Waals surface area contributed by atoms with Gasteiger partial charge >= 0.3 is 5.97 Å². The lowest BCUT2D eigenvalue weighted by Crippen LogP contribution is -2.34. The zero-order valence-electron chi connectivity index (χ0n) is 14.5. The van der Waals surface area contributed by atoms with E-state index >= 15 is 0 Å². The summed E-state index contributed by atoms with van der Waals surface area (Å²) in [6, 6.07) is 7.16. The predicted octanol–water partition coefficient (Wildman–Crippen LogP) is 4.01. The molecule has 1 fully saturated rings. The molecule has 0 atom stereocenters. The molecule has 0 amide bonds. The fourth-order valence-corrected chi connectivity index (χ4v) is 3.73. The number of piperidine rings is 1. The normalized spacial score (nSPS) is 15.2. The smallest absolute Gasteiger partial charge is 0.338 e. The Morgan fingerprint density at radius 3 is 2.68 bits per heavy atom. The van der Waals surface area contributed by atoms with Gasteiger partial charge in [-0.05, 0) is 56.4 Å². The van der Waals surface area contributed by atoms with Gasteiger partial charge in [-0.2, -0.15) is 0 Å². The molecule has 2 heterocycles. The number of benzene rings is 1. The third-order valence-corrected chi connectivity index (χ3v) is 5.30. The van der Waals surface area contributed by atoms with Crippen LogP contribution in [0.1, 0.15) is 36.5 Å². The fraction of sp³-hybridized carbons (Fsp3) is 0.474. The molecule has 1 aromatic heterocycles. The Morgan fingerprint density at radius 2 is 2.04 bits per heavy atom. The number of rotatable bonds is 7. The van der Waals surface area contributed by atoms with E-state index in [1.165, 1.54) is 12.8 Å². The first-order chi connectivity index (χ1) is 12.3. The van der Waals surface area contributed by atoms with Crippen LogP contribution in [0.4, 0.5) is 5.13 Å². The van der Waals surface area contributed by atoms with Crippen molar-refractivity contribution in [2.24, 2.45) is 5.92 Å². The standard InChI is InChI=1S/C19H24N2O3S/c1-2-23-18(22)16-3-5-17(6-4-16)24-13-9-15-7-11-21(12-8-15)19-20-10-14-25-19/h3-6,10,14-15H,2,7-9,11-13H2,1H3. The zero-order valence-corrected chi connectivity index (χ0v) is 15.3. The summed E-state index contributed by atoms with van der Waals surface area (Å²) in [4.78, 5) is 18.4. The highest BCUT2D eigenvalue weighted by Gasteiger charge is 2.20. The summed E-state index contributed by atoms with van der Waals surface area (Å²) in [6.45, 7) is 5.05. The van der Waals surface area contributed by atoms with Crippen LogP contribution in [0.25, 0.3) is 0 Å². The summed E-state index contributed by atoms with van der Waals surface area (Å²) in [5.41, 5.74) is 0.559. The number of carbonyl (C=O) groups excluding carboxylic acids is 1. The number of hydrogen-bond acceptors (Lipinski definition) is 6. The third-order valence-electron chi connectivity index (χ3n) is 4.46. The van der Waals surface area contributed by atoms with Crippen LogP contribution in [0, 0.1) is 5.92 Å². The first-order valence-electron chi connectivity index (χ1n) is 8.80. The predicted molar refractivity (Wildman–Crippen MR) is 99.6 cm³/mol. The molecule has 0 N–H and O–H groups in total. The van der Waals surface area contributed by atoms with Crippen LogP contribution in [-0.4, -0.2) is 37.3 Å². The molecule has 2 aromatic rings. The van der Waals surface area contributed by atoms with Crippen molar-refractivity contribution in [2.75, 3.05) is 31.2 Å². The van der Waals surface area contributed by atoms with Crippen LogP contribution >= 0.6 is 11.3 Å². The van der Waals surface area contributed by atoms with Crippen LogP contribution in [0.5, 0.6) is 5.75 Å². The van der Waals surface area contributed by atoms with E-state index < -0.39 is 0 Å². The molecule has 0 unspecified atom stereocenters. The second kappa shape index (κ2) is 8.85. The average molecular weight is 360 g/mol. The maximum Gasteiger partial charge on any atom is 0.338 e. The first kappa shape index (κ1) is 17.7. The Morgan fingerprint density at radius 1 is 1.28 bits per heavy atom. The summed E-state index contributed by atoms with van der Waals surface area (Å²) < 4.78 is 10.8. The minimum atomic E-state index is -0.291. The van der Waals surface area contributed by atoms with E-state index in [9.17, 15) is 4.79 Å². The van der Waals surface area contributed by atoms with Crippen molar-refractivity contribution in [3.63, 3.8) is 0 Å². The number of esters is 1. The minimum absolute atomic E-state index is 0.291. The molecule has 1 saturated heterocycles. The number of ether oxygens (including phenoxy) is 2. The van der Waals surface area contributed by atoms with E-state index in [2.05, 4.69) is 9.88 Å². The lowest BCUT2D eigenvalue weighted by molar-refractivity contribution is 0.0526. The topological polar surface area (TPSA) is 51.7 Å². The van der Waals surface area contributed by atoms with Crippen LogP contribution in [0.2, 0.25) is 0 Å². The van der Waals surface area contributed by atoms with Gasteiger partial charge in [0.2, 0.25) is 0 Å². The highest BCUT2D eigenvalue weighted by atomic mass is 32.1. The lowest BCUT2D eigenvalue weighted by Gasteiger charge is -2.31. The highest BCUT2D eigenvalue weighted by Crippen LogP contribution is 2.26. The monoisotopic (exact) mass is 360 g/mol. The Kier molecular flexibility index (Phi) is 6.28. The maximum absolute atomic E-state index is 11.6. The highest BCUT2D eigenvalue weighted by molar-refractivity contribution is 7.13. The zero-order chi connectivity index (χ0) is 17.5. The second-order valence-corrected chi connectivity index (χ2v) is 7.00. The minimum Gasteiger partial charge on any atom is -0.494 e. The van der Waals surface area contributed by atoms with Crippen molar-refractivity contribution in [3.8, 4) is 5.75 Å². The molecule has 0 spiro atoms. The molecule has 5 nitrogen and oxygen atoms in total. The van der Waals surface area contributed by atoms with Gasteiger partial charge in [-0.25, -0.2) is 9.78 Å². The molecule has 3 rings (SSSR count). The SMILES string of the molecule is CCOC(=O)c1ccc(OCCC2CCN(c3nccs3)CC2)cc1. The Hall–Kier alpha value is -2.08. The maximum atomic E-state index is 11.6. The van der Waals surface area contributed by atoms with E-state index in [4.69, 9.17) is 9.47 Å². The van der Waals surface area contributed by atoms with Gasteiger partial charge in [-0.15, -0.1) is 11.3 Å². The van der Waals surface area contributed by atoms with Crippen molar-refractivity contribution in [1.29, 1.82) is 0 Å². The molecule has 0 radical (unpaired) electrons. The number of hydrogen-bond donors (Lipinski definition) is 0. The molecule has 0 aliphatic carbocycles. The molecule has 0 bridgehead atoms. The lowest BCUT2D eigenvalue weighted by atomic mass is 9.94. The van der Waals surface area contributed by atoms with Crippen molar-refractivity contribution in [3.05, 3.63) is 41.4 Å². The Bertz CT molecular complexity index is 650. The third kappa shape index (κ3) is 4.95. The van der Waals surface area contributed by atoms with Crippen molar-refractivity contribution >= 4 is 22.4 Å². The largest absolute Gasteiger partial charge is 0.494 e. The van der Waals surface area contributed by atoms with Crippen LogP contribution in [0.3, 0.4) is 0 Å². The molecule has 0 saturated carbocycles. The first-order valence-corrected chi connectivity index (χ1v) is 9.68. The van der Waals surface area contributed by atoms with Gasteiger partial charge in [0.1, 0.15) is 5.75 Å². The molecular formula is C19H24N2O3S. The van der Waals surface area contributed by atoms with Crippen LogP contribution in [0.15, 0.2) is 35.8 Å². The van der Waals surface area contributed by atoms with Crippen LogP contribution in [-0.2, 0) is 4.74 Å². The van der Waals surface area contributed by atoms with Gasteiger partial charge in [0.15, 0.2) is 5.13 Å². The van der Waals surface area contributed by atoms with Gasteiger partial charge in [-0.3, -0.25) is 0 Å². The van der Waals surface area contributed by atoms with Crippen LogP contribution < -0.4 is 9.64 Å². The van der Waals surface area contributed by atoms with Gasteiger partial charge in [0.05, 0.1) is 18.8 Å². The summed E-state index contributed by atoms with van der Waals surface area (Å²) in [5.74, 6) is 1.21. The molecule has 25 heavy (non-hydrogen) atoms. The molecule has 1 aliphatic rings. The fourth-order valence-electron chi connectivity index (χ4n) is 3.03. The van der Waals surface area contributed by atoms with Crippen molar-refractivity contribution in [1.82, 2.24) is 4.98 Å². The number of carbonyl (C=O) groups is 1. The summed E-state index contributed by atoms with van der Waals surface area (Å²) >= 11 is 1.71. The van der Waals surface area contributed by atoms with E-state index in [0.717, 1.165) is 30.4 Å². The van der Waals surface area contributed by atoms with E-state index in [1.807, 2.05) is 23.7 Å². The summed E-state index contributed by atoms with van der Waals surface area (Å²) in [5, 5.41) is 3.17. The van der Waals surface area contributed by atoms with Crippen molar-refractivity contribution < 1.29 is 14.3 Å². The molecule has 6 heteroatoms. The Labute approximate surface area is 152 Å². The van der Waals surface area contributed by atoms with E-state index in [0.29, 0.717) is 24.7 Å². The van der Waals surface area contributed by atoms with Gasteiger partial charge < -0.3 is 14.4 Å². The van der Waals surface area contributed by atoms with Gasteiger partial charge in [0.25, 0.3) is 0 Å². The molecule has 134 valence electrons. The average Bonchev–Trinajstić information content (AvgIpc) is 3.18. The van der Waals surface area contributed by atoms with Gasteiger partial charge in [0, 0.05) is 24.7 Å². The second-order valence-electron chi connectivity index (χ2n) is 6.13. The number of nitrogens with zero attached hydrogens (tertiary/aromatic N) is 2. The summed E-state index contributed by atoms with van der Waals surface area (Å²) in [7, 11) is 0. The molecular weight excluding hydrogens is 336 g/mol. The number of anilines is 1. The van der Waals surface area contributed by atoms with Gasteiger partial charge in [-0.1, -0.05) is 0 Å². The Balaban J connectivity index is 1.38. The van der Waals surface area contributed by atoms with E-state index in [-0.39, 0.29) is 5.97 Å². The summed E-state index contributed by atoms with van der Waals surface area (Å²) in [6.07, 6.45) is 5.30. The van der Waals surface area contributed by atoms with Crippen molar-refractivity contribution in [2.45, 2.75) is 26.2 Å². The molecule has 1 aliphatic heterocycles. The quantitative estimate of drug-likeness (QED) is 0.699. The number of aromatic nitrogens is 1. The van der Waals surface area contributed by atoms with E-state index in [1.54, 1.807) is 30.4 Å². The molecule has 1 aromatic carbocycles.